The predicted molar refractivity (Wildman–Crippen MR) is 220 cm³/mol. The van der Waals surface area contributed by atoms with Gasteiger partial charge in [0.2, 0.25) is 0 Å². The van der Waals surface area contributed by atoms with Gasteiger partial charge in [0.05, 0.1) is 52.7 Å². The number of ether oxygens (including phenoxy) is 1. The summed E-state index contributed by atoms with van der Waals surface area (Å²) in [6.07, 6.45) is 1.58. The topological polar surface area (TPSA) is 164 Å². The second-order valence-corrected chi connectivity index (χ2v) is 20.0. The molecule has 13 nitrogen and oxygen atoms in total. The van der Waals surface area contributed by atoms with Gasteiger partial charge >= 0.3 is 0 Å². The maximum Gasteiger partial charge on any atom is 0.269 e. The summed E-state index contributed by atoms with van der Waals surface area (Å²) in [4.78, 5) is 55.7. The Morgan fingerprint density at radius 3 is 2.45 bits per heavy atom. The lowest BCUT2D eigenvalue weighted by Gasteiger charge is -2.32. The molecule has 2 N–H and O–H groups in total. The fourth-order valence-electron chi connectivity index (χ4n) is 9.65. The van der Waals surface area contributed by atoms with Crippen molar-refractivity contribution in [3.63, 3.8) is 0 Å². The minimum atomic E-state index is -3.05. The monoisotopic (exact) mass is 794 g/mol. The lowest BCUT2D eigenvalue weighted by atomic mass is 9.82. The highest BCUT2D eigenvalue weighted by Crippen LogP contribution is 2.60. The average molecular weight is 795 g/mol. The number of anilines is 3. The van der Waals surface area contributed by atoms with Crippen LogP contribution in [0.5, 0.6) is 0 Å². The highest BCUT2D eigenvalue weighted by atomic mass is 28.4. The van der Waals surface area contributed by atoms with Crippen molar-refractivity contribution in [1.82, 2.24) is 15.0 Å². The minimum absolute atomic E-state index is 0.110. The van der Waals surface area contributed by atoms with E-state index >= 15 is 4.79 Å². The van der Waals surface area contributed by atoms with Crippen LogP contribution in [0.4, 0.5) is 22.7 Å². The highest BCUT2D eigenvalue weighted by Gasteiger charge is 2.66. The number of carbonyl (C=O) groups excluding carboxylic acids is 2. The maximum atomic E-state index is 15.1. The summed E-state index contributed by atoms with van der Waals surface area (Å²) in [6, 6.07) is 33.1. The molecule has 9 rings (SSSR count). The molecule has 1 spiro atoms. The number of aromatic nitrogens is 3. The smallest absolute Gasteiger partial charge is 0.269 e. The zero-order valence-electron chi connectivity index (χ0n) is 32.2. The molecule has 294 valence electrons. The Labute approximate surface area is 335 Å². The van der Waals surface area contributed by atoms with Crippen molar-refractivity contribution in [2.75, 3.05) is 16.4 Å². The molecule has 1 aromatic heterocycles. The Kier molecular flexibility index (Phi) is 9.11. The molecule has 0 bridgehead atoms. The van der Waals surface area contributed by atoms with Crippen LogP contribution in [0.3, 0.4) is 0 Å². The molecule has 6 aromatic rings. The van der Waals surface area contributed by atoms with Gasteiger partial charge in [-0.1, -0.05) is 78.9 Å². The number of hydrogen-bond donors (Lipinski definition) is 2. The van der Waals surface area contributed by atoms with Crippen molar-refractivity contribution in [3.8, 4) is 0 Å². The summed E-state index contributed by atoms with van der Waals surface area (Å²) >= 11 is 0. The lowest BCUT2D eigenvalue weighted by molar-refractivity contribution is -0.385. The fourth-order valence-corrected chi connectivity index (χ4v) is 12.3. The van der Waals surface area contributed by atoms with Gasteiger partial charge in [-0.3, -0.25) is 29.3 Å². The molecule has 14 heteroatoms. The Hall–Kier alpha value is -6.06. The van der Waals surface area contributed by atoms with E-state index in [1.165, 1.54) is 12.1 Å². The fraction of sp³-hybridized carbons (Fsp3) is 0.273. The molecule has 5 atom stereocenters. The number of non-ortho nitro benzene ring substituents is 1. The maximum absolute atomic E-state index is 15.1. The first-order valence-corrected chi connectivity index (χ1v) is 22.4. The SMILES string of the molecule is C[C@@H]1[C@@H]([Si](C)(C)O)[C@H](CCn2cc(C(CO)c3ccccc3)nn2)O[C@@]12C(=O)N(Cc1cccc(N3C(=O)c4cccc5cccc3c45)c1)c1ccc([N+](=O)[O-])cc12. The summed E-state index contributed by atoms with van der Waals surface area (Å²) in [5, 5.41) is 32.9. The second kappa shape index (κ2) is 14.1. The van der Waals surface area contributed by atoms with Crippen LogP contribution in [-0.4, -0.2) is 62.7 Å². The van der Waals surface area contributed by atoms with E-state index in [2.05, 4.69) is 10.3 Å². The van der Waals surface area contributed by atoms with Gasteiger partial charge in [-0.15, -0.1) is 5.10 Å². The first-order chi connectivity index (χ1) is 27.9. The summed E-state index contributed by atoms with van der Waals surface area (Å²) in [5.41, 5.74) is 3.04. The van der Waals surface area contributed by atoms with E-state index in [0.717, 1.165) is 27.6 Å². The zero-order chi connectivity index (χ0) is 40.5. The molecule has 2 amide bonds. The number of rotatable bonds is 11. The minimum Gasteiger partial charge on any atom is -0.432 e. The standard InChI is InChI=1S/C44H42N6O7Si/c1-27-41(58(2,3)56)39(20-21-47-25-36(45-46-47)34(26-51)29-11-5-4-6-12-29)57-44(27)35-23-32(50(54)55)18-19-37(35)48(43(44)53)24-28-10-7-15-31(22-28)49-38-17-9-14-30-13-8-16-33(40(30)38)42(49)52/h4-19,22-23,25,27,34,39,41,51,56H,20-21,24,26H2,1-3H3/t27-,34?,39+,41-,44+/m1/s1. The summed E-state index contributed by atoms with van der Waals surface area (Å²) in [5.74, 6) is -1.39. The Balaban J connectivity index is 1.03. The molecule has 1 saturated heterocycles. The highest BCUT2D eigenvalue weighted by molar-refractivity contribution is 6.71. The quantitative estimate of drug-likeness (QED) is 0.0785. The number of nitrogens with zero attached hydrogens (tertiary/aromatic N) is 6. The lowest BCUT2D eigenvalue weighted by Crippen LogP contribution is -2.46. The number of nitro groups is 1. The third-order valence-electron chi connectivity index (χ3n) is 12.2. The molecule has 0 radical (unpaired) electrons. The van der Waals surface area contributed by atoms with Crippen molar-refractivity contribution in [2.45, 2.75) is 62.7 Å². The van der Waals surface area contributed by atoms with Crippen LogP contribution in [0, 0.1) is 16.0 Å². The van der Waals surface area contributed by atoms with Gasteiger partial charge in [0.25, 0.3) is 17.5 Å². The largest absolute Gasteiger partial charge is 0.432 e. The predicted octanol–water partition coefficient (Wildman–Crippen LogP) is 7.19. The van der Waals surface area contributed by atoms with E-state index < -0.39 is 36.4 Å². The Bertz CT molecular complexity index is 2610. The number of hydrogen-bond acceptors (Lipinski definition) is 9. The normalized spacial score (nSPS) is 21.7. The van der Waals surface area contributed by atoms with Crippen molar-refractivity contribution >= 4 is 53.7 Å². The molecule has 1 fully saturated rings. The molecule has 3 aliphatic heterocycles. The second-order valence-electron chi connectivity index (χ2n) is 16.0. The van der Waals surface area contributed by atoms with Crippen LogP contribution in [0.2, 0.25) is 18.6 Å². The number of nitro benzene ring substituents is 1. The molecule has 3 aliphatic rings. The molecule has 0 aliphatic carbocycles. The van der Waals surface area contributed by atoms with Gasteiger partial charge in [0.1, 0.15) is 0 Å². The molecule has 4 heterocycles. The molecule has 0 saturated carbocycles. The van der Waals surface area contributed by atoms with Gasteiger partial charge in [0.15, 0.2) is 13.9 Å². The van der Waals surface area contributed by atoms with E-state index in [0.29, 0.717) is 41.2 Å². The number of aliphatic hydroxyl groups is 1. The van der Waals surface area contributed by atoms with E-state index in [1.807, 2.05) is 111 Å². The summed E-state index contributed by atoms with van der Waals surface area (Å²) in [7, 11) is -3.05. The van der Waals surface area contributed by atoms with Crippen LogP contribution < -0.4 is 9.80 Å². The van der Waals surface area contributed by atoms with Crippen LogP contribution in [0.25, 0.3) is 10.8 Å². The van der Waals surface area contributed by atoms with E-state index in [9.17, 15) is 24.8 Å². The van der Waals surface area contributed by atoms with Crippen molar-refractivity contribution in [2.24, 2.45) is 5.92 Å². The first kappa shape index (κ1) is 37.5. The Morgan fingerprint density at radius 2 is 1.71 bits per heavy atom. The van der Waals surface area contributed by atoms with Crippen LogP contribution in [-0.2, 0) is 28.2 Å². The summed E-state index contributed by atoms with van der Waals surface area (Å²) in [6.45, 7) is 5.89. The van der Waals surface area contributed by atoms with Crippen LogP contribution in [0.1, 0.15) is 52.0 Å². The van der Waals surface area contributed by atoms with Crippen LogP contribution in [0.15, 0.2) is 115 Å². The third kappa shape index (κ3) is 5.94. The van der Waals surface area contributed by atoms with Crippen LogP contribution >= 0.6 is 0 Å². The molecule has 1 unspecified atom stereocenters. The van der Waals surface area contributed by atoms with Gasteiger partial charge in [-0.25, -0.2) is 0 Å². The van der Waals surface area contributed by atoms with E-state index in [-0.39, 0.29) is 36.6 Å². The first-order valence-electron chi connectivity index (χ1n) is 19.4. The number of amides is 2. The molecular weight excluding hydrogens is 753 g/mol. The summed E-state index contributed by atoms with van der Waals surface area (Å²) < 4.78 is 8.65. The molecule has 5 aromatic carbocycles. The van der Waals surface area contributed by atoms with Gasteiger partial charge < -0.3 is 19.5 Å². The van der Waals surface area contributed by atoms with Crippen molar-refractivity contribution in [3.05, 3.63) is 153 Å². The zero-order valence-corrected chi connectivity index (χ0v) is 33.2. The number of fused-ring (bicyclic) bond motifs is 2. The van der Waals surface area contributed by atoms with Gasteiger partial charge in [-0.05, 0) is 66.4 Å². The molecule has 58 heavy (non-hydrogen) atoms. The van der Waals surface area contributed by atoms with Gasteiger partial charge in [-0.2, -0.15) is 0 Å². The number of carbonyl (C=O) groups is 2. The van der Waals surface area contributed by atoms with E-state index in [1.54, 1.807) is 26.7 Å². The molecular formula is C44H42N6O7Si. The van der Waals surface area contributed by atoms with Crippen molar-refractivity contribution in [1.29, 1.82) is 0 Å². The van der Waals surface area contributed by atoms with Gasteiger partial charge in [0, 0.05) is 53.0 Å². The average Bonchev–Trinajstić information content (AvgIpc) is 3.94. The number of aryl methyl sites for hydroxylation is 1. The number of benzene rings is 5. The Morgan fingerprint density at radius 1 is 0.948 bits per heavy atom. The third-order valence-corrected chi connectivity index (χ3v) is 14.7. The number of aliphatic hydroxyl groups excluding tert-OH is 1. The van der Waals surface area contributed by atoms with Crippen molar-refractivity contribution < 1.29 is 29.2 Å². The van der Waals surface area contributed by atoms with E-state index in [4.69, 9.17) is 4.74 Å².